The van der Waals surface area contributed by atoms with Crippen molar-refractivity contribution in [2.24, 2.45) is 5.92 Å². The molecule has 1 aliphatic rings. The Morgan fingerprint density at radius 3 is 2.47 bits per heavy atom. The van der Waals surface area contributed by atoms with Crippen LogP contribution in [-0.4, -0.2) is 40.7 Å². The van der Waals surface area contributed by atoms with Crippen LogP contribution in [0.3, 0.4) is 0 Å². The van der Waals surface area contributed by atoms with E-state index in [1.807, 2.05) is 56.3 Å². The monoisotopic (exact) mass is 424 g/mol. The maximum Gasteiger partial charge on any atom is 0.323 e. The van der Waals surface area contributed by atoms with Gasteiger partial charge in [0, 0.05) is 0 Å². The molecule has 0 spiro atoms. The van der Waals surface area contributed by atoms with Gasteiger partial charge in [0.05, 0.1) is 10.9 Å². The van der Waals surface area contributed by atoms with Crippen molar-refractivity contribution in [3.05, 3.63) is 60.2 Å². The van der Waals surface area contributed by atoms with Gasteiger partial charge in [0.1, 0.15) is 12.6 Å². The number of benzene rings is 2. The van der Waals surface area contributed by atoms with Crippen LogP contribution in [0.25, 0.3) is 17.2 Å². The van der Waals surface area contributed by atoms with E-state index in [1.54, 1.807) is 18.2 Å². The molecule has 0 radical (unpaired) electrons. The first kappa shape index (κ1) is 21.6. The van der Waals surface area contributed by atoms with E-state index >= 15 is 0 Å². The van der Waals surface area contributed by atoms with Gasteiger partial charge in [-0.05, 0) is 28.7 Å². The lowest BCUT2D eigenvalue weighted by Gasteiger charge is -2.26. The molecule has 0 saturated carbocycles. The number of fused-ring (bicyclic) bond motifs is 1. The van der Waals surface area contributed by atoms with Crippen LogP contribution in [-0.2, 0) is 14.4 Å². The summed E-state index contributed by atoms with van der Waals surface area (Å²) in [6.45, 7) is 3.21. The summed E-state index contributed by atoms with van der Waals surface area (Å²) in [4.78, 5) is 38.3. The molecular formula is C23H24N2O4S. The molecule has 0 bridgehead atoms. The van der Waals surface area contributed by atoms with Gasteiger partial charge in [-0.3, -0.25) is 19.3 Å². The van der Waals surface area contributed by atoms with Gasteiger partial charge in [0.15, 0.2) is 0 Å². The van der Waals surface area contributed by atoms with E-state index < -0.39 is 29.7 Å². The molecule has 0 aliphatic carbocycles. The third-order valence-electron chi connectivity index (χ3n) is 4.92. The lowest BCUT2D eigenvalue weighted by atomic mass is 10.0. The summed E-state index contributed by atoms with van der Waals surface area (Å²) >= 11 is 4.30. The average molecular weight is 425 g/mol. The van der Waals surface area contributed by atoms with Crippen molar-refractivity contribution in [1.82, 2.24) is 5.32 Å². The minimum atomic E-state index is -1.14. The van der Waals surface area contributed by atoms with Crippen molar-refractivity contribution in [1.29, 1.82) is 0 Å². The molecule has 2 N–H and O–H groups in total. The molecule has 7 heteroatoms. The Morgan fingerprint density at radius 2 is 1.83 bits per heavy atom. The zero-order valence-corrected chi connectivity index (χ0v) is 17.7. The van der Waals surface area contributed by atoms with Crippen LogP contribution in [0.5, 0.6) is 0 Å². The first-order valence-corrected chi connectivity index (χ1v) is 10.2. The van der Waals surface area contributed by atoms with E-state index in [0.29, 0.717) is 11.3 Å². The van der Waals surface area contributed by atoms with Crippen molar-refractivity contribution >= 4 is 42.2 Å². The zero-order chi connectivity index (χ0) is 21.8. The number of carbonyl (C=O) groups excluding carboxylic acids is 2. The Bertz CT molecular complexity index is 988. The van der Waals surface area contributed by atoms with E-state index in [1.165, 1.54) is 4.90 Å². The van der Waals surface area contributed by atoms with Gasteiger partial charge in [0.2, 0.25) is 5.91 Å². The average Bonchev–Trinajstić information content (AvgIpc) is 2.85. The van der Waals surface area contributed by atoms with E-state index in [0.717, 1.165) is 11.1 Å². The molecular weight excluding hydrogens is 400 g/mol. The number of hydrogen-bond donors (Lipinski definition) is 3. The van der Waals surface area contributed by atoms with Gasteiger partial charge in [0.25, 0.3) is 5.91 Å². The number of aliphatic carboxylic acids is 1. The Morgan fingerprint density at radius 1 is 1.13 bits per heavy atom. The number of nitrogens with zero attached hydrogens (tertiary/aromatic N) is 1. The van der Waals surface area contributed by atoms with Crippen LogP contribution < -0.4 is 10.2 Å². The molecule has 0 fully saturated rings. The number of hydrogen-bond acceptors (Lipinski definition) is 4. The first-order valence-electron chi connectivity index (χ1n) is 9.67. The van der Waals surface area contributed by atoms with Crippen LogP contribution in [0.1, 0.15) is 19.4 Å². The fourth-order valence-corrected chi connectivity index (χ4v) is 3.32. The predicted octanol–water partition coefficient (Wildman–Crippen LogP) is 3.24. The lowest BCUT2D eigenvalue weighted by Crippen LogP contribution is -2.50. The fourth-order valence-electron chi connectivity index (χ4n) is 3.25. The van der Waals surface area contributed by atoms with Crippen LogP contribution in [0, 0.1) is 5.92 Å². The summed E-state index contributed by atoms with van der Waals surface area (Å²) in [6, 6.07) is 14.2. The minimum absolute atomic E-state index is 0.0149. The van der Waals surface area contributed by atoms with Gasteiger partial charge in [-0.15, -0.1) is 0 Å². The highest BCUT2D eigenvalue weighted by Crippen LogP contribution is 2.31. The predicted molar refractivity (Wildman–Crippen MR) is 120 cm³/mol. The molecule has 3 rings (SSSR count). The Hall–Kier alpha value is -3.06. The van der Waals surface area contributed by atoms with Gasteiger partial charge in [-0.2, -0.15) is 12.6 Å². The standard InChI is InChI=1S/C23H24N2O4S/c1-14(2)21(30)22(28)24-18-11-10-16-8-9-17(15-6-4-3-5-7-15)12-19(16)25(23(18)29)13-20(26)27/h3-12,14,18,21,30H,13H2,1-2H3,(H,24,28)(H,26,27)/t18?,21-/m0/s1. The molecule has 1 aliphatic heterocycles. The van der Waals surface area contributed by atoms with Crippen molar-refractivity contribution in [3.8, 4) is 11.1 Å². The number of thiol groups is 1. The van der Waals surface area contributed by atoms with Crippen LogP contribution in [0.15, 0.2) is 54.6 Å². The summed E-state index contributed by atoms with van der Waals surface area (Å²) in [5.41, 5.74) is 3.01. The quantitative estimate of drug-likeness (QED) is 0.622. The van der Waals surface area contributed by atoms with Crippen molar-refractivity contribution in [2.75, 3.05) is 11.4 Å². The van der Waals surface area contributed by atoms with E-state index in [2.05, 4.69) is 17.9 Å². The lowest BCUT2D eigenvalue weighted by molar-refractivity contribution is -0.136. The third kappa shape index (κ3) is 4.74. The summed E-state index contributed by atoms with van der Waals surface area (Å²) < 4.78 is 0. The van der Waals surface area contributed by atoms with Crippen LogP contribution >= 0.6 is 12.6 Å². The van der Waals surface area contributed by atoms with E-state index in [4.69, 9.17) is 0 Å². The Kier molecular flexibility index (Phi) is 6.62. The normalized spacial score (nSPS) is 16.7. The molecule has 1 unspecified atom stereocenters. The second-order valence-electron chi connectivity index (χ2n) is 7.49. The van der Waals surface area contributed by atoms with Crippen LogP contribution in [0.4, 0.5) is 5.69 Å². The number of carboxylic acid groups (broad SMARTS) is 1. The Labute approximate surface area is 181 Å². The third-order valence-corrected chi connectivity index (χ3v) is 5.75. The summed E-state index contributed by atoms with van der Waals surface area (Å²) in [5.74, 6) is -2.03. The maximum atomic E-state index is 13.2. The number of amides is 2. The molecule has 0 saturated heterocycles. The highest BCUT2D eigenvalue weighted by atomic mass is 32.1. The Balaban J connectivity index is 1.98. The second kappa shape index (κ2) is 9.17. The molecule has 2 aromatic rings. The molecule has 6 nitrogen and oxygen atoms in total. The fraction of sp³-hybridized carbons (Fsp3) is 0.261. The van der Waals surface area contributed by atoms with E-state index in [-0.39, 0.29) is 11.8 Å². The second-order valence-corrected chi connectivity index (χ2v) is 8.05. The largest absolute Gasteiger partial charge is 0.480 e. The topological polar surface area (TPSA) is 86.7 Å². The number of carboxylic acids is 1. The van der Waals surface area contributed by atoms with Crippen molar-refractivity contribution in [3.63, 3.8) is 0 Å². The highest BCUT2D eigenvalue weighted by molar-refractivity contribution is 7.81. The highest BCUT2D eigenvalue weighted by Gasteiger charge is 2.31. The summed E-state index contributed by atoms with van der Waals surface area (Å²) in [5, 5.41) is 11.5. The molecule has 2 atom stereocenters. The molecule has 2 amide bonds. The summed E-state index contributed by atoms with van der Waals surface area (Å²) in [7, 11) is 0. The molecule has 30 heavy (non-hydrogen) atoms. The molecule has 0 aromatic heterocycles. The van der Waals surface area contributed by atoms with Gasteiger partial charge >= 0.3 is 5.97 Å². The van der Waals surface area contributed by atoms with Crippen molar-refractivity contribution < 1.29 is 19.5 Å². The smallest absolute Gasteiger partial charge is 0.323 e. The molecule has 1 heterocycles. The van der Waals surface area contributed by atoms with Gasteiger partial charge < -0.3 is 10.4 Å². The number of anilines is 1. The number of carbonyl (C=O) groups is 3. The SMILES string of the molecule is CC(C)[C@H](S)C(=O)NC1C=Cc2ccc(-c3ccccc3)cc2N(CC(=O)O)C1=O. The van der Waals surface area contributed by atoms with Gasteiger partial charge in [-0.1, -0.05) is 68.5 Å². The maximum absolute atomic E-state index is 13.2. The summed E-state index contributed by atoms with van der Waals surface area (Å²) in [6.07, 6.45) is 3.32. The van der Waals surface area contributed by atoms with Crippen molar-refractivity contribution in [2.45, 2.75) is 25.1 Å². The number of rotatable bonds is 6. The minimum Gasteiger partial charge on any atom is -0.480 e. The van der Waals surface area contributed by atoms with Gasteiger partial charge in [-0.25, -0.2) is 0 Å². The van der Waals surface area contributed by atoms with Crippen LogP contribution in [0.2, 0.25) is 0 Å². The van der Waals surface area contributed by atoms with E-state index in [9.17, 15) is 19.5 Å². The molecule has 156 valence electrons. The number of nitrogens with one attached hydrogen (secondary N) is 1. The first-order chi connectivity index (χ1) is 14.3. The molecule has 2 aromatic carbocycles. The zero-order valence-electron chi connectivity index (χ0n) is 16.8.